The summed E-state index contributed by atoms with van der Waals surface area (Å²) in [5.74, 6) is -0.731. The fourth-order valence-corrected chi connectivity index (χ4v) is 3.81. The molecule has 0 aromatic heterocycles. The molecule has 4 rings (SSSR count). The molecular weight excluding hydrogens is 418 g/mol. The van der Waals surface area contributed by atoms with Crippen molar-refractivity contribution in [2.24, 2.45) is 5.73 Å². The maximum Gasteiger partial charge on any atom is 0.337 e. The van der Waals surface area contributed by atoms with Crippen molar-refractivity contribution >= 4 is 34.5 Å². The molecule has 7 nitrogen and oxygen atoms in total. The minimum absolute atomic E-state index is 0.0254. The molecule has 33 heavy (non-hydrogen) atoms. The van der Waals surface area contributed by atoms with Gasteiger partial charge in [-0.2, -0.15) is 0 Å². The van der Waals surface area contributed by atoms with Gasteiger partial charge in [0, 0.05) is 23.9 Å². The summed E-state index contributed by atoms with van der Waals surface area (Å²) in [7, 11) is 1.32. The standard InChI is InChI=1S/C26H25N3O4/c1-33-26(32)18-9-12-20-22(15-18)29-25(31)23(20)24(17-5-3-2-4-6-17)28-19-10-7-16(8-11-19)21(27)13-14-30/h2-12,15,21,28,30H,13-14,27H2,1H3,(H,29,31)/b24-23-. The van der Waals surface area contributed by atoms with Gasteiger partial charge < -0.3 is 26.2 Å². The van der Waals surface area contributed by atoms with E-state index >= 15 is 0 Å². The Kier molecular flexibility index (Phi) is 6.53. The lowest BCUT2D eigenvalue weighted by atomic mass is 9.98. The van der Waals surface area contributed by atoms with Gasteiger partial charge in [0.2, 0.25) is 0 Å². The van der Waals surface area contributed by atoms with Crippen LogP contribution in [0.25, 0.3) is 11.3 Å². The molecule has 0 spiro atoms. The third-order valence-corrected chi connectivity index (χ3v) is 5.55. The van der Waals surface area contributed by atoms with E-state index in [0.29, 0.717) is 34.5 Å². The number of carbonyl (C=O) groups is 2. The van der Waals surface area contributed by atoms with Crippen LogP contribution in [0.3, 0.4) is 0 Å². The molecule has 3 aromatic rings. The number of esters is 1. The lowest BCUT2D eigenvalue weighted by molar-refractivity contribution is -0.110. The van der Waals surface area contributed by atoms with Gasteiger partial charge in [0.05, 0.1) is 29.6 Å². The predicted molar refractivity (Wildman–Crippen MR) is 128 cm³/mol. The Hall–Kier alpha value is -3.94. The molecule has 3 aromatic carbocycles. The van der Waals surface area contributed by atoms with E-state index in [2.05, 4.69) is 10.6 Å². The number of ether oxygens (including phenoxy) is 1. The van der Waals surface area contributed by atoms with E-state index in [9.17, 15) is 9.59 Å². The first kappa shape index (κ1) is 22.3. The number of amides is 1. The summed E-state index contributed by atoms with van der Waals surface area (Å²) >= 11 is 0. The Bertz CT molecular complexity index is 1200. The van der Waals surface area contributed by atoms with Crippen molar-refractivity contribution in [3.63, 3.8) is 0 Å². The van der Waals surface area contributed by atoms with E-state index < -0.39 is 5.97 Å². The quantitative estimate of drug-likeness (QED) is 0.326. The maximum atomic E-state index is 13.0. The number of aliphatic hydroxyl groups excluding tert-OH is 1. The highest BCUT2D eigenvalue weighted by atomic mass is 16.5. The van der Waals surface area contributed by atoms with Crippen LogP contribution in [-0.2, 0) is 9.53 Å². The highest BCUT2D eigenvalue weighted by Gasteiger charge is 2.29. The van der Waals surface area contributed by atoms with Crippen LogP contribution in [-0.4, -0.2) is 30.7 Å². The lowest BCUT2D eigenvalue weighted by Gasteiger charge is -2.16. The molecule has 1 heterocycles. The van der Waals surface area contributed by atoms with E-state index in [4.69, 9.17) is 15.6 Å². The van der Waals surface area contributed by atoms with Gasteiger partial charge in [0.15, 0.2) is 0 Å². The zero-order valence-corrected chi connectivity index (χ0v) is 18.2. The van der Waals surface area contributed by atoms with E-state index in [0.717, 1.165) is 16.8 Å². The molecular formula is C26H25N3O4. The lowest BCUT2D eigenvalue weighted by Crippen LogP contribution is -2.12. The van der Waals surface area contributed by atoms with Crippen molar-refractivity contribution in [3.05, 3.63) is 95.1 Å². The van der Waals surface area contributed by atoms with Crippen LogP contribution in [0.5, 0.6) is 0 Å². The summed E-state index contributed by atoms with van der Waals surface area (Å²) in [6.07, 6.45) is 0.483. The molecule has 1 unspecified atom stereocenters. The van der Waals surface area contributed by atoms with Crippen molar-refractivity contribution in [2.75, 3.05) is 24.4 Å². The van der Waals surface area contributed by atoms with Gasteiger partial charge in [-0.1, -0.05) is 48.5 Å². The average molecular weight is 444 g/mol. The van der Waals surface area contributed by atoms with Crippen LogP contribution in [0.15, 0.2) is 72.8 Å². The number of carbonyl (C=O) groups excluding carboxylic acids is 2. The SMILES string of the molecule is COC(=O)c1ccc2c(c1)NC(=O)/C2=C(\Nc1ccc(C(N)CCO)cc1)c1ccccc1. The molecule has 0 radical (unpaired) electrons. The topological polar surface area (TPSA) is 114 Å². The fourth-order valence-electron chi connectivity index (χ4n) is 3.81. The molecule has 1 aliphatic heterocycles. The number of hydrogen-bond donors (Lipinski definition) is 4. The Balaban J connectivity index is 1.76. The molecule has 5 N–H and O–H groups in total. The first-order valence-electron chi connectivity index (χ1n) is 10.6. The molecule has 7 heteroatoms. The maximum absolute atomic E-state index is 13.0. The second-order valence-corrected chi connectivity index (χ2v) is 7.69. The summed E-state index contributed by atoms with van der Waals surface area (Å²) in [4.78, 5) is 24.9. The molecule has 1 amide bonds. The van der Waals surface area contributed by atoms with E-state index in [1.165, 1.54) is 7.11 Å². The third kappa shape index (κ3) is 4.64. The van der Waals surface area contributed by atoms with Gasteiger partial charge in [0.1, 0.15) is 0 Å². The third-order valence-electron chi connectivity index (χ3n) is 5.55. The second-order valence-electron chi connectivity index (χ2n) is 7.69. The molecule has 1 aliphatic rings. The molecule has 1 atom stereocenters. The van der Waals surface area contributed by atoms with Gasteiger partial charge in [-0.05, 0) is 41.8 Å². The number of nitrogens with one attached hydrogen (secondary N) is 2. The Morgan fingerprint density at radius 3 is 2.45 bits per heavy atom. The number of anilines is 2. The van der Waals surface area contributed by atoms with Gasteiger partial charge >= 0.3 is 5.97 Å². The number of rotatable bonds is 7. The van der Waals surface area contributed by atoms with Crippen LogP contribution in [0.4, 0.5) is 11.4 Å². The molecule has 168 valence electrons. The molecule has 0 bridgehead atoms. The van der Waals surface area contributed by atoms with Crippen molar-refractivity contribution in [1.29, 1.82) is 0 Å². The normalized spacial score (nSPS) is 14.8. The average Bonchev–Trinajstić information content (AvgIpc) is 3.17. The fraction of sp³-hybridized carbons (Fsp3) is 0.154. The molecule has 0 saturated heterocycles. The minimum atomic E-state index is -0.467. The zero-order valence-electron chi connectivity index (χ0n) is 18.2. The van der Waals surface area contributed by atoms with Crippen LogP contribution < -0.4 is 16.4 Å². The van der Waals surface area contributed by atoms with Crippen LogP contribution in [0.2, 0.25) is 0 Å². The minimum Gasteiger partial charge on any atom is -0.465 e. The van der Waals surface area contributed by atoms with Crippen molar-refractivity contribution < 1.29 is 19.4 Å². The molecule has 0 saturated carbocycles. The van der Waals surface area contributed by atoms with Crippen LogP contribution >= 0.6 is 0 Å². The van der Waals surface area contributed by atoms with Crippen molar-refractivity contribution in [1.82, 2.24) is 0 Å². The summed E-state index contributed by atoms with van der Waals surface area (Å²) in [5, 5.41) is 15.4. The number of fused-ring (bicyclic) bond motifs is 1. The van der Waals surface area contributed by atoms with Crippen molar-refractivity contribution in [3.8, 4) is 0 Å². The van der Waals surface area contributed by atoms with E-state index in [-0.39, 0.29) is 18.6 Å². The molecule has 0 fully saturated rings. The summed E-state index contributed by atoms with van der Waals surface area (Å²) in [6.45, 7) is 0.0254. The number of nitrogens with two attached hydrogens (primary N) is 1. The number of benzene rings is 3. The van der Waals surface area contributed by atoms with Gasteiger partial charge in [-0.15, -0.1) is 0 Å². The second kappa shape index (κ2) is 9.68. The van der Waals surface area contributed by atoms with E-state index in [1.54, 1.807) is 18.2 Å². The first-order valence-corrected chi connectivity index (χ1v) is 10.6. The molecule has 0 aliphatic carbocycles. The zero-order chi connectivity index (χ0) is 23.4. The monoisotopic (exact) mass is 443 g/mol. The smallest absolute Gasteiger partial charge is 0.337 e. The number of methoxy groups -OCH3 is 1. The summed E-state index contributed by atoms with van der Waals surface area (Å²) in [6, 6.07) is 21.9. The van der Waals surface area contributed by atoms with Crippen LogP contribution in [0.1, 0.15) is 39.5 Å². The van der Waals surface area contributed by atoms with Crippen LogP contribution in [0, 0.1) is 0 Å². The van der Waals surface area contributed by atoms with Gasteiger partial charge in [-0.25, -0.2) is 4.79 Å². The summed E-state index contributed by atoms with van der Waals surface area (Å²) < 4.78 is 4.79. The van der Waals surface area contributed by atoms with Gasteiger partial charge in [0.25, 0.3) is 5.91 Å². The van der Waals surface area contributed by atoms with E-state index in [1.807, 2.05) is 54.6 Å². The Morgan fingerprint density at radius 1 is 1.06 bits per heavy atom. The number of aliphatic hydroxyl groups is 1. The number of hydrogen-bond acceptors (Lipinski definition) is 6. The summed E-state index contributed by atoms with van der Waals surface area (Å²) in [5.41, 5.74) is 11.4. The predicted octanol–water partition coefficient (Wildman–Crippen LogP) is 3.79. The van der Waals surface area contributed by atoms with Gasteiger partial charge in [-0.3, -0.25) is 4.79 Å². The first-order chi connectivity index (χ1) is 16.0. The highest BCUT2D eigenvalue weighted by molar-refractivity contribution is 6.37. The van der Waals surface area contributed by atoms with Crippen molar-refractivity contribution in [2.45, 2.75) is 12.5 Å². The Morgan fingerprint density at radius 2 is 1.79 bits per heavy atom. The highest BCUT2D eigenvalue weighted by Crippen LogP contribution is 2.38. The largest absolute Gasteiger partial charge is 0.465 e. The Labute approximate surface area is 191 Å².